The lowest BCUT2D eigenvalue weighted by Crippen LogP contribution is -2.28. The SMILES string of the molecule is CC(C)c1ccc(OCCNS(=O)(=O)c2ccccc2)cc1. The summed E-state index contributed by atoms with van der Waals surface area (Å²) >= 11 is 0. The third-order valence-electron chi connectivity index (χ3n) is 3.26. The monoisotopic (exact) mass is 319 g/mol. The van der Waals surface area contributed by atoms with Crippen LogP contribution in [0.25, 0.3) is 0 Å². The number of ether oxygens (including phenoxy) is 1. The molecule has 0 aromatic heterocycles. The molecule has 2 aromatic rings. The number of benzene rings is 2. The average molecular weight is 319 g/mol. The van der Waals surface area contributed by atoms with E-state index >= 15 is 0 Å². The van der Waals surface area contributed by atoms with Crippen molar-refractivity contribution in [3.63, 3.8) is 0 Å². The molecule has 0 saturated carbocycles. The van der Waals surface area contributed by atoms with Gasteiger partial charge in [0.05, 0.1) is 4.90 Å². The lowest BCUT2D eigenvalue weighted by atomic mass is 10.0. The minimum absolute atomic E-state index is 0.225. The van der Waals surface area contributed by atoms with Gasteiger partial charge in [-0.25, -0.2) is 13.1 Å². The van der Waals surface area contributed by atoms with Gasteiger partial charge in [-0.3, -0.25) is 0 Å². The van der Waals surface area contributed by atoms with Crippen molar-refractivity contribution in [2.45, 2.75) is 24.7 Å². The number of hydrogen-bond acceptors (Lipinski definition) is 3. The van der Waals surface area contributed by atoms with Gasteiger partial charge < -0.3 is 4.74 Å². The Morgan fingerprint density at radius 2 is 1.64 bits per heavy atom. The van der Waals surface area contributed by atoms with E-state index in [-0.39, 0.29) is 18.0 Å². The molecule has 0 fully saturated rings. The quantitative estimate of drug-likeness (QED) is 0.798. The highest BCUT2D eigenvalue weighted by molar-refractivity contribution is 7.89. The largest absolute Gasteiger partial charge is 0.492 e. The van der Waals surface area contributed by atoms with Crippen LogP contribution in [0.15, 0.2) is 59.5 Å². The lowest BCUT2D eigenvalue weighted by Gasteiger charge is -2.10. The Bertz CT molecular complexity index is 680. The maximum atomic E-state index is 12.0. The molecule has 0 heterocycles. The second-order valence-corrected chi connectivity index (χ2v) is 7.05. The summed E-state index contributed by atoms with van der Waals surface area (Å²) in [4.78, 5) is 0.260. The predicted octanol–water partition coefficient (Wildman–Crippen LogP) is 3.17. The fraction of sp³-hybridized carbons (Fsp3) is 0.294. The summed E-state index contributed by atoms with van der Waals surface area (Å²) in [6, 6.07) is 16.2. The van der Waals surface area contributed by atoms with E-state index in [1.54, 1.807) is 30.3 Å². The Morgan fingerprint density at radius 1 is 1.00 bits per heavy atom. The normalized spacial score (nSPS) is 11.6. The van der Waals surface area contributed by atoms with Crippen molar-refractivity contribution in [1.82, 2.24) is 4.72 Å². The van der Waals surface area contributed by atoms with Crippen LogP contribution >= 0.6 is 0 Å². The van der Waals surface area contributed by atoms with Gasteiger partial charge in [0, 0.05) is 6.54 Å². The molecule has 0 atom stereocenters. The third-order valence-corrected chi connectivity index (χ3v) is 4.74. The molecule has 5 heteroatoms. The highest BCUT2D eigenvalue weighted by Gasteiger charge is 2.12. The average Bonchev–Trinajstić information content (AvgIpc) is 2.53. The van der Waals surface area contributed by atoms with Crippen LogP contribution in [0.1, 0.15) is 25.3 Å². The zero-order valence-corrected chi connectivity index (χ0v) is 13.6. The summed E-state index contributed by atoms with van der Waals surface area (Å²) in [6.07, 6.45) is 0. The third kappa shape index (κ3) is 4.58. The smallest absolute Gasteiger partial charge is 0.240 e. The second-order valence-electron chi connectivity index (χ2n) is 5.28. The standard InChI is InChI=1S/C17H21NO3S/c1-14(2)15-8-10-16(11-9-15)21-13-12-18-22(19,20)17-6-4-3-5-7-17/h3-11,14,18H,12-13H2,1-2H3. The van der Waals surface area contributed by atoms with Crippen molar-refractivity contribution in [3.8, 4) is 5.75 Å². The molecule has 1 N–H and O–H groups in total. The molecule has 0 unspecified atom stereocenters. The molecule has 0 radical (unpaired) electrons. The zero-order valence-electron chi connectivity index (χ0n) is 12.8. The van der Waals surface area contributed by atoms with Gasteiger partial charge in [0.1, 0.15) is 12.4 Å². The Morgan fingerprint density at radius 3 is 2.23 bits per heavy atom. The van der Waals surface area contributed by atoms with Crippen LogP contribution in [-0.2, 0) is 10.0 Å². The highest BCUT2D eigenvalue weighted by Crippen LogP contribution is 2.18. The number of hydrogen-bond donors (Lipinski definition) is 1. The Hall–Kier alpha value is -1.85. The van der Waals surface area contributed by atoms with Crippen LogP contribution < -0.4 is 9.46 Å². The van der Waals surface area contributed by atoms with Gasteiger partial charge in [-0.1, -0.05) is 44.2 Å². The van der Waals surface area contributed by atoms with E-state index in [0.717, 1.165) is 5.75 Å². The summed E-state index contributed by atoms with van der Waals surface area (Å²) in [6.45, 7) is 4.78. The Balaban J connectivity index is 1.82. The van der Waals surface area contributed by atoms with E-state index in [4.69, 9.17) is 4.74 Å². The maximum absolute atomic E-state index is 12.0. The minimum Gasteiger partial charge on any atom is -0.492 e. The molecular weight excluding hydrogens is 298 g/mol. The van der Waals surface area contributed by atoms with Crippen molar-refractivity contribution in [2.24, 2.45) is 0 Å². The number of rotatable bonds is 7. The van der Waals surface area contributed by atoms with Crippen LogP contribution in [0.5, 0.6) is 5.75 Å². The summed E-state index contributed by atoms with van der Waals surface area (Å²) < 4.78 is 32.1. The summed E-state index contributed by atoms with van der Waals surface area (Å²) in [7, 11) is -3.46. The fourth-order valence-electron chi connectivity index (χ4n) is 1.98. The Kier molecular flexibility index (Phi) is 5.57. The van der Waals surface area contributed by atoms with E-state index in [0.29, 0.717) is 5.92 Å². The summed E-state index contributed by atoms with van der Waals surface area (Å²) in [5, 5.41) is 0. The molecule has 0 aliphatic heterocycles. The molecule has 0 saturated heterocycles. The lowest BCUT2D eigenvalue weighted by molar-refractivity contribution is 0.322. The topological polar surface area (TPSA) is 55.4 Å². The van der Waals surface area contributed by atoms with E-state index < -0.39 is 10.0 Å². The van der Waals surface area contributed by atoms with Gasteiger partial charge in [0.15, 0.2) is 0 Å². The van der Waals surface area contributed by atoms with Gasteiger partial charge in [-0.05, 0) is 35.7 Å². The van der Waals surface area contributed by atoms with E-state index in [1.807, 2.05) is 24.3 Å². The number of nitrogens with one attached hydrogen (secondary N) is 1. The molecule has 4 nitrogen and oxygen atoms in total. The Labute approximate surface area is 132 Å². The van der Waals surface area contributed by atoms with Crippen LogP contribution in [0.3, 0.4) is 0 Å². The summed E-state index contributed by atoms with van der Waals surface area (Å²) in [5.41, 5.74) is 1.25. The van der Waals surface area contributed by atoms with Crippen LogP contribution in [-0.4, -0.2) is 21.6 Å². The van der Waals surface area contributed by atoms with Gasteiger partial charge >= 0.3 is 0 Å². The highest BCUT2D eigenvalue weighted by atomic mass is 32.2. The van der Waals surface area contributed by atoms with Crippen LogP contribution in [0, 0.1) is 0 Å². The molecule has 2 rings (SSSR count). The van der Waals surface area contributed by atoms with E-state index in [2.05, 4.69) is 18.6 Å². The molecule has 0 bridgehead atoms. The van der Waals surface area contributed by atoms with Gasteiger partial charge in [-0.2, -0.15) is 0 Å². The molecule has 0 aliphatic rings. The van der Waals surface area contributed by atoms with Crippen LogP contribution in [0.4, 0.5) is 0 Å². The summed E-state index contributed by atoms with van der Waals surface area (Å²) in [5.74, 6) is 1.22. The molecular formula is C17H21NO3S. The van der Waals surface area contributed by atoms with Gasteiger partial charge in [0.25, 0.3) is 0 Å². The second kappa shape index (κ2) is 7.42. The minimum atomic E-state index is -3.46. The predicted molar refractivity (Wildman–Crippen MR) is 87.7 cm³/mol. The first-order valence-electron chi connectivity index (χ1n) is 7.26. The molecule has 22 heavy (non-hydrogen) atoms. The van der Waals surface area contributed by atoms with Crippen LogP contribution in [0.2, 0.25) is 0 Å². The van der Waals surface area contributed by atoms with Crippen molar-refractivity contribution in [2.75, 3.05) is 13.2 Å². The first-order valence-corrected chi connectivity index (χ1v) is 8.75. The first-order chi connectivity index (χ1) is 10.5. The van der Waals surface area contributed by atoms with Crippen molar-refractivity contribution in [1.29, 1.82) is 0 Å². The van der Waals surface area contributed by atoms with Crippen molar-refractivity contribution < 1.29 is 13.2 Å². The fourth-order valence-corrected chi connectivity index (χ4v) is 3.01. The first kappa shape index (κ1) is 16.5. The maximum Gasteiger partial charge on any atom is 0.240 e. The molecule has 2 aromatic carbocycles. The molecule has 118 valence electrons. The van der Waals surface area contributed by atoms with E-state index in [9.17, 15) is 8.42 Å². The van der Waals surface area contributed by atoms with E-state index in [1.165, 1.54) is 5.56 Å². The number of sulfonamides is 1. The van der Waals surface area contributed by atoms with Gasteiger partial charge in [0.2, 0.25) is 10.0 Å². The molecule has 0 spiro atoms. The molecule has 0 amide bonds. The molecule has 0 aliphatic carbocycles. The zero-order chi connectivity index (χ0) is 16.0. The van der Waals surface area contributed by atoms with Gasteiger partial charge in [-0.15, -0.1) is 0 Å². The van der Waals surface area contributed by atoms with Crippen molar-refractivity contribution >= 4 is 10.0 Å². The van der Waals surface area contributed by atoms with Crippen molar-refractivity contribution in [3.05, 3.63) is 60.2 Å².